The molecule has 0 unspecified atom stereocenters. The Hall–Kier alpha value is -2.04. The lowest BCUT2D eigenvalue weighted by molar-refractivity contribution is 0.0953. The van der Waals surface area contributed by atoms with Crippen molar-refractivity contribution in [3.05, 3.63) is 35.9 Å². The van der Waals surface area contributed by atoms with Gasteiger partial charge in [0.05, 0.1) is 0 Å². The van der Waals surface area contributed by atoms with Crippen LogP contribution in [0, 0.1) is 0 Å². The number of rotatable bonds is 6. The minimum absolute atomic E-state index is 0.0253. The normalized spacial score (nSPS) is 11.9. The number of hydrogen-bond donors (Lipinski definition) is 3. The molecule has 0 spiro atoms. The highest BCUT2D eigenvalue weighted by Gasteiger charge is 2.11. The molecule has 1 aromatic rings. The van der Waals surface area contributed by atoms with E-state index in [4.69, 9.17) is 0 Å². The molecule has 0 bridgehead atoms. The molecule has 0 atom stereocenters. The Labute approximate surface area is 133 Å². The van der Waals surface area contributed by atoms with Gasteiger partial charge in [-0.2, -0.15) is 0 Å². The van der Waals surface area contributed by atoms with Gasteiger partial charge in [0, 0.05) is 30.7 Å². The van der Waals surface area contributed by atoms with Gasteiger partial charge in [0.25, 0.3) is 5.91 Å². The molecule has 0 heterocycles. The molecule has 0 aliphatic rings. The third kappa shape index (κ3) is 7.67. The van der Waals surface area contributed by atoms with Crippen LogP contribution in [0.1, 0.15) is 44.5 Å². The van der Waals surface area contributed by atoms with Gasteiger partial charge in [0.2, 0.25) is 0 Å². The smallest absolute Gasteiger partial charge is 0.251 e. The molecular formula is C17H28N4O. The number of benzene rings is 1. The third-order valence-electron chi connectivity index (χ3n) is 2.76. The number of guanidine groups is 1. The van der Waals surface area contributed by atoms with Crippen LogP contribution in [0.2, 0.25) is 0 Å². The van der Waals surface area contributed by atoms with Crippen molar-refractivity contribution in [1.29, 1.82) is 0 Å². The SMILES string of the molecule is CCNC(=NCCCNC(=O)c1ccccc1)NC(C)(C)C. The first-order chi connectivity index (χ1) is 10.4. The number of nitrogens with zero attached hydrogens (tertiary/aromatic N) is 1. The monoisotopic (exact) mass is 304 g/mol. The van der Waals surface area contributed by atoms with Gasteiger partial charge in [-0.25, -0.2) is 0 Å². The Kier molecular flexibility index (Phi) is 7.43. The summed E-state index contributed by atoms with van der Waals surface area (Å²) < 4.78 is 0. The zero-order chi connectivity index (χ0) is 16.4. The van der Waals surface area contributed by atoms with Crippen molar-refractivity contribution >= 4 is 11.9 Å². The van der Waals surface area contributed by atoms with Crippen LogP contribution in [-0.2, 0) is 0 Å². The fourth-order valence-electron chi connectivity index (χ4n) is 1.83. The lowest BCUT2D eigenvalue weighted by atomic mass is 10.1. The van der Waals surface area contributed by atoms with Gasteiger partial charge in [-0.3, -0.25) is 9.79 Å². The van der Waals surface area contributed by atoms with Crippen molar-refractivity contribution in [2.75, 3.05) is 19.6 Å². The number of amides is 1. The van der Waals surface area contributed by atoms with Gasteiger partial charge >= 0.3 is 0 Å². The zero-order valence-electron chi connectivity index (χ0n) is 14.1. The number of carbonyl (C=O) groups is 1. The maximum atomic E-state index is 11.9. The standard InChI is InChI=1S/C17H28N4O/c1-5-18-16(21-17(2,3)4)20-13-9-12-19-15(22)14-10-7-6-8-11-14/h6-8,10-11H,5,9,12-13H2,1-4H3,(H,19,22)(H2,18,20,21). The van der Waals surface area contributed by atoms with Crippen LogP contribution in [-0.4, -0.2) is 37.0 Å². The second kappa shape index (κ2) is 9.07. The van der Waals surface area contributed by atoms with Gasteiger partial charge in [0.15, 0.2) is 5.96 Å². The van der Waals surface area contributed by atoms with E-state index in [1.807, 2.05) is 37.3 Å². The summed E-state index contributed by atoms with van der Waals surface area (Å²) >= 11 is 0. The molecular weight excluding hydrogens is 276 g/mol. The van der Waals surface area contributed by atoms with E-state index in [-0.39, 0.29) is 11.4 Å². The van der Waals surface area contributed by atoms with Crippen molar-refractivity contribution in [3.63, 3.8) is 0 Å². The van der Waals surface area contributed by atoms with Crippen LogP contribution >= 0.6 is 0 Å². The topological polar surface area (TPSA) is 65.5 Å². The quantitative estimate of drug-likeness (QED) is 0.429. The van der Waals surface area contributed by atoms with Gasteiger partial charge in [0.1, 0.15) is 0 Å². The minimum atomic E-state index is -0.0377. The molecule has 0 saturated heterocycles. The first kappa shape index (κ1) is 18.0. The number of carbonyl (C=O) groups excluding carboxylic acids is 1. The molecule has 0 aromatic heterocycles. The molecule has 1 aromatic carbocycles. The Bertz CT molecular complexity index is 477. The summed E-state index contributed by atoms with van der Waals surface area (Å²) in [4.78, 5) is 16.4. The van der Waals surface area contributed by atoms with Crippen LogP contribution in [0.3, 0.4) is 0 Å². The largest absolute Gasteiger partial charge is 0.357 e. The van der Waals surface area contributed by atoms with Crippen molar-refractivity contribution in [1.82, 2.24) is 16.0 Å². The summed E-state index contributed by atoms with van der Waals surface area (Å²) in [6.45, 7) is 10.4. The van der Waals surface area contributed by atoms with Gasteiger partial charge in [-0.05, 0) is 46.2 Å². The Morgan fingerprint density at radius 3 is 2.41 bits per heavy atom. The molecule has 1 rings (SSSR count). The molecule has 0 radical (unpaired) electrons. The summed E-state index contributed by atoms with van der Waals surface area (Å²) in [5, 5.41) is 9.45. The molecule has 22 heavy (non-hydrogen) atoms. The Balaban J connectivity index is 2.33. The van der Waals surface area contributed by atoms with Crippen LogP contribution in [0.25, 0.3) is 0 Å². The highest BCUT2D eigenvalue weighted by atomic mass is 16.1. The second-order valence-electron chi connectivity index (χ2n) is 6.11. The molecule has 5 nitrogen and oxygen atoms in total. The highest BCUT2D eigenvalue weighted by molar-refractivity contribution is 5.94. The van der Waals surface area contributed by atoms with E-state index in [1.165, 1.54) is 0 Å². The Morgan fingerprint density at radius 2 is 1.82 bits per heavy atom. The average molecular weight is 304 g/mol. The summed E-state index contributed by atoms with van der Waals surface area (Å²) in [6.07, 6.45) is 0.805. The molecule has 1 amide bonds. The number of hydrogen-bond acceptors (Lipinski definition) is 2. The minimum Gasteiger partial charge on any atom is -0.357 e. The van der Waals surface area contributed by atoms with Crippen molar-refractivity contribution < 1.29 is 4.79 Å². The maximum Gasteiger partial charge on any atom is 0.251 e. The Morgan fingerprint density at radius 1 is 1.14 bits per heavy atom. The van der Waals surface area contributed by atoms with Crippen LogP contribution in [0.5, 0.6) is 0 Å². The van der Waals surface area contributed by atoms with Crippen LogP contribution in [0.4, 0.5) is 0 Å². The van der Waals surface area contributed by atoms with Crippen LogP contribution < -0.4 is 16.0 Å². The first-order valence-electron chi connectivity index (χ1n) is 7.82. The fraction of sp³-hybridized carbons (Fsp3) is 0.529. The van der Waals surface area contributed by atoms with Crippen molar-refractivity contribution in [2.45, 2.75) is 39.7 Å². The molecule has 122 valence electrons. The summed E-state index contributed by atoms with van der Waals surface area (Å²) in [5.41, 5.74) is 0.663. The van der Waals surface area contributed by atoms with E-state index in [2.05, 4.69) is 41.7 Å². The van der Waals surface area contributed by atoms with Gasteiger partial charge in [-0.1, -0.05) is 18.2 Å². The lowest BCUT2D eigenvalue weighted by Crippen LogP contribution is -2.47. The zero-order valence-corrected chi connectivity index (χ0v) is 14.1. The van der Waals surface area contributed by atoms with E-state index in [0.717, 1.165) is 18.9 Å². The van der Waals surface area contributed by atoms with Crippen LogP contribution in [0.15, 0.2) is 35.3 Å². The van der Waals surface area contributed by atoms with E-state index < -0.39 is 0 Å². The molecule has 0 aliphatic heterocycles. The highest BCUT2D eigenvalue weighted by Crippen LogP contribution is 1.99. The van der Waals surface area contributed by atoms with E-state index in [0.29, 0.717) is 18.7 Å². The molecule has 3 N–H and O–H groups in total. The number of nitrogens with one attached hydrogen (secondary N) is 3. The summed E-state index contributed by atoms with van der Waals surface area (Å²) in [5.74, 6) is 0.772. The average Bonchev–Trinajstić information content (AvgIpc) is 2.46. The molecule has 0 aliphatic carbocycles. The van der Waals surface area contributed by atoms with Crippen molar-refractivity contribution in [2.24, 2.45) is 4.99 Å². The van der Waals surface area contributed by atoms with Crippen molar-refractivity contribution in [3.8, 4) is 0 Å². The predicted molar refractivity (Wildman–Crippen MR) is 92.3 cm³/mol. The summed E-state index contributed by atoms with van der Waals surface area (Å²) in [6, 6.07) is 9.24. The molecule has 0 saturated carbocycles. The maximum absolute atomic E-state index is 11.9. The molecule has 5 heteroatoms. The number of aliphatic imine (C=N–C) groups is 1. The second-order valence-corrected chi connectivity index (χ2v) is 6.11. The summed E-state index contributed by atoms with van der Waals surface area (Å²) in [7, 11) is 0. The first-order valence-corrected chi connectivity index (χ1v) is 7.82. The van der Waals surface area contributed by atoms with Gasteiger partial charge in [-0.15, -0.1) is 0 Å². The van der Waals surface area contributed by atoms with Gasteiger partial charge < -0.3 is 16.0 Å². The third-order valence-corrected chi connectivity index (χ3v) is 2.76. The molecule has 0 fully saturated rings. The fourth-order valence-corrected chi connectivity index (χ4v) is 1.83. The van der Waals surface area contributed by atoms with E-state index in [1.54, 1.807) is 0 Å². The lowest BCUT2D eigenvalue weighted by Gasteiger charge is -2.23. The van der Waals surface area contributed by atoms with E-state index >= 15 is 0 Å². The van der Waals surface area contributed by atoms with E-state index in [9.17, 15) is 4.79 Å². The predicted octanol–water partition coefficient (Wildman–Crippen LogP) is 2.16.